The zero-order chi connectivity index (χ0) is 22.1. The van der Waals surface area contributed by atoms with Gasteiger partial charge in [-0.1, -0.05) is 19.2 Å². The smallest absolute Gasteiger partial charge is 0.435 e. The largest absolute Gasteiger partial charge is 0.489 e. The third-order valence-electron chi connectivity index (χ3n) is 5.51. The van der Waals surface area contributed by atoms with Gasteiger partial charge >= 0.3 is 13.7 Å². The van der Waals surface area contributed by atoms with Crippen molar-refractivity contribution in [3.8, 4) is 5.75 Å². The van der Waals surface area contributed by atoms with Crippen molar-refractivity contribution in [2.45, 2.75) is 65.8 Å². The number of nitrogens with two attached hydrogens (primary N) is 1. The summed E-state index contributed by atoms with van der Waals surface area (Å²) in [6.07, 6.45) is 2.40. The van der Waals surface area contributed by atoms with E-state index < -0.39 is 24.9 Å². The van der Waals surface area contributed by atoms with Gasteiger partial charge in [0.1, 0.15) is 5.75 Å². The second-order valence-electron chi connectivity index (χ2n) is 8.43. The second-order valence-corrected chi connectivity index (χ2v) is 8.43. The fourth-order valence-electron chi connectivity index (χ4n) is 2.96. The standard InChI is InChI=1S/C22H30BF2NO3/c1-13(2)17-11-16(27-20(24)25)12-18(19(17)26)14(3)9-10-15(4)23-28-21(5,6)22(7,8)29-23/h10-12,20H,1,3,9,26H2,2,4-8H3/b15-10+. The number of nitrogen functional groups attached to an aromatic ring is 1. The van der Waals surface area contributed by atoms with Crippen LogP contribution in [-0.2, 0) is 9.31 Å². The highest BCUT2D eigenvalue weighted by atomic mass is 19.3. The Morgan fingerprint density at radius 2 is 1.66 bits per heavy atom. The molecule has 2 N–H and O–H groups in total. The van der Waals surface area contributed by atoms with Crippen molar-refractivity contribution in [3.63, 3.8) is 0 Å². The molecule has 0 unspecified atom stereocenters. The minimum atomic E-state index is -2.93. The van der Waals surface area contributed by atoms with Gasteiger partial charge in [-0.2, -0.15) is 8.78 Å². The third kappa shape index (κ3) is 5.09. The Kier molecular flexibility index (Phi) is 6.65. The monoisotopic (exact) mass is 405 g/mol. The molecule has 1 aliphatic heterocycles. The third-order valence-corrected chi connectivity index (χ3v) is 5.51. The maximum atomic E-state index is 12.7. The van der Waals surface area contributed by atoms with Gasteiger partial charge in [0, 0.05) is 16.8 Å². The Morgan fingerprint density at radius 3 is 2.14 bits per heavy atom. The van der Waals surface area contributed by atoms with Gasteiger partial charge < -0.3 is 19.8 Å². The highest BCUT2D eigenvalue weighted by molar-refractivity contribution is 6.54. The van der Waals surface area contributed by atoms with Crippen LogP contribution in [0.2, 0.25) is 0 Å². The van der Waals surface area contributed by atoms with E-state index in [9.17, 15) is 8.78 Å². The van der Waals surface area contributed by atoms with Crippen LogP contribution in [-0.4, -0.2) is 24.9 Å². The lowest BCUT2D eigenvalue weighted by Gasteiger charge is -2.32. The molecule has 1 aromatic rings. The highest BCUT2D eigenvalue weighted by Crippen LogP contribution is 2.39. The van der Waals surface area contributed by atoms with Crippen LogP contribution in [0.25, 0.3) is 11.1 Å². The number of benzene rings is 1. The number of rotatable bonds is 7. The van der Waals surface area contributed by atoms with E-state index in [4.69, 9.17) is 15.0 Å². The number of hydrogen-bond acceptors (Lipinski definition) is 4. The van der Waals surface area contributed by atoms with Gasteiger partial charge in [-0.25, -0.2) is 0 Å². The molecule has 1 saturated heterocycles. The molecule has 7 heteroatoms. The molecule has 0 bridgehead atoms. The number of alkyl halides is 2. The quantitative estimate of drug-likeness (QED) is 0.454. The molecule has 0 aliphatic carbocycles. The molecule has 0 amide bonds. The van der Waals surface area contributed by atoms with Gasteiger partial charge in [0.15, 0.2) is 0 Å². The molecule has 0 atom stereocenters. The first-order valence-electron chi connectivity index (χ1n) is 9.50. The van der Waals surface area contributed by atoms with Crippen LogP contribution in [0.5, 0.6) is 5.75 Å². The summed E-state index contributed by atoms with van der Waals surface area (Å²) < 4.78 is 42.1. The van der Waals surface area contributed by atoms with Crippen LogP contribution in [0, 0.1) is 0 Å². The lowest BCUT2D eigenvalue weighted by atomic mass is 9.78. The fraction of sp³-hybridized carbons (Fsp3) is 0.455. The first-order valence-corrected chi connectivity index (χ1v) is 9.50. The van der Waals surface area contributed by atoms with E-state index in [0.717, 1.165) is 5.47 Å². The van der Waals surface area contributed by atoms with Crippen LogP contribution >= 0.6 is 0 Å². The number of hydrogen-bond donors (Lipinski definition) is 1. The Bertz CT molecular complexity index is 831. The molecular weight excluding hydrogens is 375 g/mol. The second kappa shape index (κ2) is 8.32. The Balaban J connectivity index is 2.25. The number of anilines is 1. The molecule has 158 valence electrons. The number of allylic oxidation sites excluding steroid dienone is 4. The van der Waals surface area contributed by atoms with Gasteiger partial charge in [-0.05, 0) is 76.7 Å². The Labute approximate surface area is 172 Å². The summed E-state index contributed by atoms with van der Waals surface area (Å²) in [6, 6.07) is 2.94. The zero-order valence-electron chi connectivity index (χ0n) is 18.1. The first-order chi connectivity index (χ1) is 13.2. The molecule has 0 spiro atoms. The summed E-state index contributed by atoms with van der Waals surface area (Å²) in [4.78, 5) is 0. The van der Waals surface area contributed by atoms with E-state index in [2.05, 4.69) is 17.9 Å². The molecular formula is C22H30BF2NO3. The van der Waals surface area contributed by atoms with Crippen LogP contribution in [0.3, 0.4) is 0 Å². The molecule has 4 nitrogen and oxygen atoms in total. The van der Waals surface area contributed by atoms with Gasteiger partial charge in [0.05, 0.1) is 11.2 Å². The van der Waals surface area contributed by atoms with E-state index in [0.29, 0.717) is 34.4 Å². The summed E-state index contributed by atoms with van der Waals surface area (Å²) in [7, 11) is -0.454. The van der Waals surface area contributed by atoms with Crippen molar-refractivity contribution in [2.75, 3.05) is 5.73 Å². The summed E-state index contributed by atoms with van der Waals surface area (Å²) in [5.41, 5.74) is 9.18. The Morgan fingerprint density at radius 1 is 1.14 bits per heavy atom. The molecule has 2 rings (SSSR count). The van der Waals surface area contributed by atoms with Crippen molar-refractivity contribution in [3.05, 3.63) is 48.0 Å². The predicted octanol–water partition coefficient (Wildman–Crippen LogP) is 5.88. The van der Waals surface area contributed by atoms with Crippen LogP contribution < -0.4 is 10.5 Å². The molecule has 1 aliphatic rings. The molecule has 0 saturated carbocycles. The van der Waals surface area contributed by atoms with Gasteiger partial charge in [-0.3, -0.25) is 0 Å². The van der Waals surface area contributed by atoms with Crippen LogP contribution in [0.1, 0.15) is 59.1 Å². The summed E-state index contributed by atoms with van der Waals surface area (Å²) >= 11 is 0. The van der Waals surface area contributed by atoms with E-state index in [1.807, 2.05) is 40.7 Å². The first kappa shape index (κ1) is 23.2. The van der Waals surface area contributed by atoms with E-state index in [1.165, 1.54) is 12.1 Å². The Hall–Kier alpha value is -2.12. The molecule has 1 fully saturated rings. The highest BCUT2D eigenvalue weighted by Gasteiger charge is 2.51. The summed E-state index contributed by atoms with van der Waals surface area (Å²) in [5, 5.41) is 0. The van der Waals surface area contributed by atoms with Crippen LogP contribution in [0.15, 0.2) is 36.8 Å². The van der Waals surface area contributed by atoms with Gasteiger partial charge in [0.2, 0.25) is 0 Å². The van der Waals surface area contributed by atoms with Gasteiger partial charge in [0.25, 0.3) is 0 Å². The number of ether oxygens (including phenoxy) is 1. The minimum absolute atomic E-state index is 0.0232. The van der Waals surface area contributed by atoms with Crippen LogP contribution in [0.4, 0.5) is 14.5 Å². The SMILES string of the molecule is C=C(C)c1cc(OC(F)F)cc(C(=C)C/C=C(\C)B2OC(C)(C)C(C)(C)O2)c1N. The zero-order valence-corrected chi connectivity index (χ0v) is 18.1. The normalized spacial score (nSPS) is 18.2. The molecule has 1 aromatic carbocycles. The average molecular weight is 405 g/mol. The topological polar surface area (TPSA) is 53.7 Å². The van der Waals surface area contributed by atoms with E-state index in [1.54, 1.807) is 6.92 Å². The summed E-state index contributed by atoms with van der Waals surface area (Å²) in [6.45, 7) is 16.7. The average Bonchev–Trinajstić information content (AvgIpc) is 2.80. The minimum Gasteiger partial charge on any atom is -0.435 e. The molecule has 0 aromatic heterocycles. The fourth-order valence-corrected chi connectivity index (χ4v) is 2.96. The molecule has 29 heavy (non-hydrogen) atoms. The van der Waals surface area contributed by atoms with Crippen molar-refractivity contribution in [1.29, 1.82) is 0 Å². The molecule has 1 heterocycles. The van der Waals surface area contributed by atoms with Crippen molar-refractivity contribution < 1.29 is 22.8 Å². The maximum Gasteiger partial charge on any atom is 0.489 e. The lowest BCUT2D eigenvalue weighted by molar-refractivity contribution is -0.0498. The molecule has 0 radical (unpaired) electrons. The lowest BCUT2D eigenvalue weighted by Crippen LogP contribution is -2.41. The predicted molar refractivity (Wildman–Crippen MR) is 116 cm³/mol. The van der Waals surface area contributed by atoms with Crippen molar-refractivity contribution >= 4 is 24.0 Å². The van der Waals surface area contributed by atoms with E-state index >= 15 is 0 Å². The maximum absolute atomic E-state index is 12.7. The van der Waals surface area contributed by atoms with Gasteiger partial charge in [-0.15, -0.1) is 0 Å². The van der Waals surface area contributed by atoms with Crippen molar-refractivity contribution in [1.82, 2.24) is 0 Å². The summed E-state index contributed by atoms with van der Waals surface area (Å²) in [5.74, 6) is 0.0232. The van der Waals surface area contributed by atoms with Crippen molar-refractivity contribution in [2.24, 2.45) is 0 Å². The number of halogens is 2. The van der Waals surface area contributed by atoms with E-state index in [-0.39, 0.29) is 5.75 Å².